The number of alkyl halides is 3. The van der Waals surface area contributed by atoms with Gasteiger partial charge in [-0.1, -0.05) is 0 Å². The van der Waals surface area contributed by atoms with Crippen LogP contribution in [0.5, 0.6) is 5.75 Å². The van der Waals surface area contributed by atoms with Gasteiger partial charge in [0.15, 0.2) is 0 Å². The number of hydrogen-bond acceptors (Lipinski definition) is 3. The lowest BCUT2D eigenvalue weighted by Crippen LogP contribution is -2.12. The summed E-state index contributed by atoms with van der Waals surface area (Å²) in [6.45, 7) is 0. The Bertz CT molecular complexity index is 796. The van der Waals surface area contributed by atoms with E-state index >= 15 is 0 Å². The van der Waals surface area contributed by atoms with Gasteiger partial charge in [-0.15, -0.1) is 0 Å². The van der Waals surface area contributed by atoms with Crippen LogP contribution in [-0.2, 0) is 6.42 Å². The first-order valence-corrected chi connectivity index (χ1v) is 6.10. The summed E-state index contributed by atoms with van der Waals surface area (Å²) in [5.74, 6) is -0.208. The quantitative estimate of drug-likeness (QED) is 0.761. The van der Waals surface area contributed by atoms with E-state index < -0.39 is 12.6 Å². The molecule has 0 saturated heterocycles. The Labute approximate surface area is 117 Å². The molecule has 0 unspecified atom stereocenters. The van der Waals surface area contributed by atoms with Crippen LogP contribution in [0.1, 0.15) is 5.56 Å². The van der Waals surface area contributed by atoms with Crippen molar-refractivity contribution >= 4 is 10.9 Å². The van der Waals surface area contributed by atoms with Crippen LogP contribution >= 0.6 is 0 Å². The van der Waals surface area contributed by atoms with Crippen molar-refractivity contribution in [1.82, 2.24) is 15.2 Å². The molecule has 0 aliphatic carbocycles. The van der Waals surface area contributed by atoms with E-state index in [4.69, 9.17) is 0 Å². The molecule has 0 atom stereocenters. The maximum Gasteiger partial charge on any atom is 0.393 e. The van der Waals surface area contributed by atoms with Crippen LogP contribution in [0.4, 0.5) is 13.2 Å². The number of halogens is 3. The number of hydrogen-bond donors (Lipinski definition) is 2. The molecule has 0 aliphatic heterocycles. The van der Waals surface area contributed by atoms with Gasteiger partial charge in [-0.2, -0.15) is 18.3 Å². The molecular weight excluding hydrogens is 283 g/mol. The number of benzene rings is 1. The van der Waals surface area contributed by atoms with E-state index in [0.717, 1.165) is 11.5 Å². The second kappa shape index (κ2) is 4.76. The Morgan fingerprint density at radius 2 is 1.95 bits per heavy atom. The Morgan fingerprint density at radius 1 is 1.14 bits per heavy atom. The Morgan fingerprint density at radius 3 is 2.71 bits per heavy atom. The summed E-state index contributed by atoms with van der Waals surface area (Å²) in [7, 11) is 0. The summed E-state index contributed by atoms with van der Waals surface area (Å²) in [4.78, 5) is 4.16. The third-order valence-corrected chi connectivity index (χ3v) is 3.08. The minimum atomic E-state index is -4.36. The molecule has 2 heterocycles. The summed E-state index contributed by atoms with van der Waals surface area (Å²) in [6, 6.07) is 5.52. The van der Waals surface area contributed by atoms with Gasteiger partial charge in [-0.25, -0.2) is 0 Å². The number of aromatic hydroxyl groups is 1. The van der Waals surface area contributed by atoms with E-state index in [1.807, 2.05) is 0 Å². The summed E-state index contributed by atoms with van der Waals surface area (Å²) < 4.78 is 38.0. The molecule has 0 bridgehead atoms. The highest BCUT2D eigenvalue weighted by atomic mass is 19.4. The number of H-pyrrole nitrogens is 1. The first-order valence-electron chi connectivity index (χ1n) is 6.10. The van der Waals surface area contributed by atoms with Crippen molar-refractivity contribution in [2.45, 2.75) is 12.6 Å². The first kappa shape index (κ1) is 13.4. The average Bonchev–Trinajstić information content (AvgIpc) is 2.84. The molecule has 21 heavy (non-hydrogen) atoms. The van der Waals surface area contributed by atoms with E-state index in [0.29, 0.717) is 16.8 Å². The molecule has 0 amide bonds. The molecule has 0 fully saturated rings. The average molecular weight is 293 g/mol. The fraction of sp³-hybridized carbons (Fsp3) is 0.143. The van der Waals surface area contributed by atoms with Gasteiger partial charge in [0, 0.05) is 17.1 Å². The van der Waals surface area contributed by atoms with Crippen LogP contribution < -0.4 is 0 Å². The molecule has 4 nitrogen and oxygen atoms in total. The second-order valence-electron chi connectivity index (χ2n) is 4.66. The predicted molar refractivity (Wildman–Crippen MR) is 70.7 cm³/mol. The number of fused-ring (bicyclic) bond motifs is 1. The molecule has 0 saturated carbocycles. The fourth-order valence-corrected chi connectivity index (χ4v) is 2.18. The number of nitrogens with one attached hydrogen (secondary N) is 1. The third kappa shape index (κ3) is 2.81. The van der Waals surface area contributed by atoms with E-state index in [9.17, 15) is 18.3 Å². The normalized spacial score (nSPS) is 12.0. The molecule has 7 heteroatoms. The van der Waals surface area contributed by atoms with Crippen LogP contribution in [0.2, 0.25) is 0 Å². The maximum atomic E-state index is 12.7. The van der Waals surface area contributed by atoms with E-state index in [1.165, 1.54) is 12.1 Å². The lowest BCUT2D eigenvalue weighted by atomic mass is 10.0. The van der Waals surface area contributed by atoms with Gasteiger partial charge < -0.3 is 5.11 Å². The van der Waals surface area contributed by atoms with Gasteiger partial charge in [0.05, 0.1) is 23.8 Å². The number of rotatable bonds is 2. The predicted octanol–water partition coefficient (Wildman–Crippen LogP) is 3.44. The minimum absolute atomic E-state index is 0.0196. The van der Waals surface area contributed by atoms with Gasteiger partial charge in [0.25, 0.3) is 0 Å². The van der Waals surface area contributed by atoms with Crippen molar-refractivity contribution in [2.75, 3.05) is 0 Å². The number of aromatic amines is 1. The van der Waals surface area contributed by atoms with Crippen molar-refractivity contribution < 1.29 is 18.3 Å². The van der Waals surface area contributed by atoms with E-state index in [2.05, 4.69) is 15.2 Å². The van der Waals surface area contributed by atoms with Crippen LogP contribution in [-0.4, -0.2) is 26.5 Å². The molecule has 3 aromatic rings. The molecule has 0 spiro atoms. The standard InChI is InChI=1S/C14H10F3N3O/c15-14(16,17)5-8-3-10(21)1-2-11(8)13-4-12-9(6-18-13)7-19-20-12/h1-4,6-7,21H,5H2,(H,19,20). The highest BCUT2D eigenvalue weighted by molar-refractivity contribution is 5.81. The zero-order valence-electron chi connectivity index (χ0n) is 10.6. The molecule has 0 aliphatic rings. The van der Waals surface area contributed by atoms with Gasteiger partial charge in [0.1, 0.15) is 5.75 Å². The lowest BCUT2D eigenvalue weighted by Gasteiger charge is -2.12. The van der Waals surface area contributed by atoms with Crippen LogP contribution in [0.25, 0.3) is 22.2 Å². The van der Waals surface area contributed by atoms with Crippen molar-refractivity contribution in [1.29, 1.82) is 0 Å². The Kier molecular flexibility index (Phi) is 3.04. The minimum Gasteiger partial charge on any atom is -0.508 e. The van der Waals surface area contributed by atoms with E-state index in [-0.39, 0.29) is 11.3 Å². The first-order chi connectivity index (χ1) is 9.92. The zero-order chi connectivity index (χ0) is 15.0. The van der Waals surface area contributed by atoms with Gasteiger partial charge in [-0.3, -0.25) is 10.1 Å². The summed E-state index contributed by atoms with van der Waals surface area (Å²) >= 11 is 0. The second-order valence-corrected chi connectivity index (χ2v) is 4.66. The Balaban J connectivity index is 2.12. The number of pyridine rings is 1. The fourth-order valence-electron chi connectivity index (χ4n) is 2.18. The third-order valence-electron chi connectivity index (χ3n) is 3.08. The van der Waals surface area contributed by atoms with Gasteiger partial charge >= 0.3 is 6.18 Å². The zero-order valence-corrected chi connectivity index (χ0v) is 10.6. The largest absolute Gasteiger partial charge is 0.508 e. The maximum absolute atomic E-state index is 12.7. The van der Waals surface area contributed by atoms with Crippen molar-refractivity contribution in [3.63, 3.8) is 0 Å². The topological polar surface area (TPSA) is 61.8 Å². The van der Waals surface area contributed by atoms with Crippen molar-refractivity contribution in [2.24, 2.45) is 0 Å². The molecule has 2 aromatic heterocycles. The highest BCUT2D eigenvalue weighted by Crippen LogP contribution is 2.31. The summed E-state index contributed by atoms with van der Waals surface area (Å²) in [6.07, 6.45) is -2.36. The molecule has 1 aromatic carbocycles. The van der Waals surface area contributed by atoms with Crippen LogP contribution in [0.3, 0.4) is 0 Å². The summed E-state index contributed by atoms with van der Waals surface area (Å²) in [5, 5.41) is 16.8. The van der Waals surface area contributed by atoms with Crippen molar-refractivity contribution in [3.05, 3.63) is 42.2 Å². The number of phenols is 1. The molecular formula is C14H10F3N3O. The van der Waals surface area contributed by atoms with Gasteiger partial charge in [0.2, 0.25) is 0 Å². The van der Waals surface area contributed by atoms with E-state index in [1.54, 1.807) is 18.5 Å². The van der Waals surface area contributed by atoms with Crippen LogP contribution in [0, 0.1) is 0 Å². The monoisotopic (exact) mass is 293 g/mol. The summed E-state index contributed by atoms with van der Waals surface area (Å²) in [5.41, 5.74) is 1.40. The molecule has 2 N–H and O–H groups in total. The lowest BCUT2D eigenvalue weighted by molar-refractivity contribution is -0.127. The molecule has 108 valence electrons. The van der Waals surface area contributed by atoms with Crippen LogP contribution in [0.15, 0.2) is 36.7 Å². The highest BCUT2D eigenvalue weighted by Gasteiger charge is 2.29. The molecule has 3 rings (SSSR count). The SMILES string of the molecule is Oc1ccc(-c2cc3[nH]ncc3cn2)c(CC(F)(F)F)c1. The number of aromatic nitrogens is 3. The number of nitrogens with zero attached hydrogens (tertiary/aromatic N) is 2. The smallest absolute Gasteiger partial charge is 0.393 e. The van der Waals surface area contributed by atoms with Gasteiger partial charge in [-0.05, 0) is 29.8 Å². The number of phenolic OH excluding ortho intramolecular Hbond substituents is 1. The Hall–Kier alpha value is -2.57. The van der Waals surface area contributed by atoms with Crippen molar-refractivity contribution in [3.8, 4) is 17.0 Å². The molecule has 0 radical (unpaired) electrons.